The van der Waals surface area contributed by atoms with Crippen LogP contribution >= 0.6 is 0 Å². The van der Waals surface area contributed by atoms with E-state index in [9.17, 15) is 19.7 Å². The minimum Gasteiger partial charge on any atom is -0.465 e. The Morgan fingerprint density at radius 1 is 1.59 bits per heavy atom. The van der Waals surface area contributed by atoms with Crippen molar-refractivity contribution in [3.05, 3.63) is 38.9 Å². The molecule has 0 unspecified atom stereocenters. The highest BCUT2D eigenvalue weighted by Gasteiger charge is 2.26. The van der Waals surface area contributed by atoms with Gasteiger partial charge in [0.25, 0.3) is 5.69 Å². The van der Waals surface area contributed by atoms with Gasteiger partial charge in [-0.25, -0.2) is 4.79 Å². The van der Waals surface area contributed by atoms with E-state index in [0.717, 1.165) is 19.2 Å². The third kappa shape index (κ3) is 2.26. The first-order valence-electron chi connectivity index (χ1n) is 4.31. The second kappa shape index (κ2) is 4.85. The lowest BCUT2D eigenvalue weighted by Gasteiger charge is -2.03. The van der Waals surface area contributed by atoms with Crippen molar-refractivity contribution in [2.45, 2.75) is 0 Å². The van der Waals surface area contributed by atoms with E-state index in [1.807, 2.05) is 0 Å². The summed E-state index contributed by atoms with van der Waals surface area (Å²) in [5, 5.41) is 19.5. The molecule has 0 saturated heterocycles. The van der Waals surface area contributed by atoms with Crippen molar-refractivity contribution in [1.29, 1.82) is 5.26 Å². The minimum absolute atomic E-state index is 0.0295. The number of carbonyl (C=O) groups is 2. The van der Waals surface area contributed by atoms with Crippen LogP contribution in [0.5, 0.6) is 0 Å². The van der Waals surface area contributed by atoms with Crippen LogP contribution in [0.15, 0.2) is 12.1 Å². The Hall–Kier alpha value is -2.75. The number of hydrogen-bond acceptors (Lipinski definition) is 6. The van der Waals surface area contributed by atoms with Gasteiger partial charge in [0.1, 0.15) is 5.56 Å². The van der Waals surface area contributed by atoms with Gasteiger partial charge in [-0.2, -0.15) is 5.26 Å². The summed E-state index contributed by atoms with van der Waals surface area (Å²) in [7, 11) is 1.05. The molecular weight excluding hydrogens is 228 g/mol. The Morgan fingerprint density at radius 2 is 2.24 bits per heavy atom. The number of nitro benzene ring substituents is 1. The summed E-state index contributed by atoms with van der Waals surface area (Å²) in [5.74, 6) is -0.975. The number of nitro groups is 1. The first-order valence-corrected chi connectivity index (χ1v) is 4.31. The predicted molar refractivity (Wildman–Crippen MR) is 54.5 cm³/mol. The number of ether oxygens (including phenoxy) is 1. The molecule has 1 aromatic rings. The molecular formula is C10H6N2O5. The topological polar surface area (TPSA) is 110 Å². The summed E-state index contributed by atoms with van der Waals surface area (Å²) < 4.78 is 4.36. The van der Waals surface area contributed by atoms with Crippen molar-refractivity contribution in [2.24, 2.45) is 0 Å². The molecule has 1 aromatic carbocycles. The lowest BCUT2D eigenvalue weighted by molar-refractivity contribution is -0.385. The molecule has 0 aliphatic rings. The van der Waals surface area contributed by atoms with Gasteiger partial charge in [-0.1, -0.05) is 0 Å². The zero-order chi connectivity index (χ0) is 13.0. The molecule has 0 amide bonds. The van der Waals surface area contributed by atoms with E-state index >= 15 is 0 Å². The van der Waals surface area contributed by atoms with Crippen molar-refractivity contribution >= 4 is 17.9 Å². The normalized spacial score (nSPS) is 9.18. The number of carbonyl (C=O) groups excluding carboxylic acids is 2. The summed E-state index contributed by atoms with van der Waals surface area (Å²) in [6, 6.07) is 3.75. The fourth-order valence-corrected chi connectivity index (χ4v) is 1.28. The van der Waals surface area contributed by atoms with Crippen LogP contribution in [0.2, 0.25) is 0 Å². The molecule has 0 saturated carbocycles. The standard InChI is InChI=1S/C10H6N2O5/c1-17-10(14)8-3-6(4-11)2-7(5-13)9(8)12(15)16/h2-3,5H,1H3. The molecule has 0 aliphatic carbocycles. The van der Waals surface area contributed by atoms with Gasteiger partial charge in [-0.15, -0.1) is 0 Å². The van der Waals surface area contributed by atoms with Crippen molar-refractivity contribution in [1.82, 2.24) is 0 Å². The number of hydrogen-bond donors (Lipinski definition) is 0. The Kier molecular flexibility index (Phi) is 3.51. The SMILES string of the molecule is COC(=O)c1cc(C#N)cc(C=O)c1[N+](=O)[O-]. The van der Waals surface area contributed by atoms with Crippen LogP contribution in [0, 0.1) is 21.4 Å². The minimum atomic E-state index is -0.975. The predicted octanol–water partition coefficient (Wildman–Crippen LogP) is 1.07. The van der Waals surface area contributed by atoms with Gasteiger partial charge >= 0.3 is 5.97 Å². The first kappa shape index (κ1) is 12.3. The summed E-state index contributed by atoms with van der Waals surface area (Å²) in [6.45, 7) is 0. The van der Waals surface area contributed by atoms with Crippen molar-refractivity contribution in [2.75, 3.05) is 7.11 Å². The molecule has 0 fully saturated rings. The third-order valence-corrected chi connectivity index (χ3v) is 1.98. The van der Waals surface area contributed by atoms with Crippen LogP contribution in [0.1, 0.15) is 26.3 Å². The number of nitrogens with zero attached hydrogens (tertiary/aromatic N) is 2. The average Bonchev–Trinajstić information content (AvgIpc) is 2.35. The number of benzene rings is 1. The van der Waals surface area contributed by atoms with Gasteiger partial charge in [-0.05, 0) is 12.1 Å². The third-order valence-electron chi connectivity index (χ3n) is 1.98. The molecule has 17 heavy (non-hydrogen) atoms. The number of aldehydes is 1. The van der Waals surface area contributed by atoms with E-state index in [4.69, 9.17) is 5.26 Å². The van der Waals surface area contributed by atoms with E-state index in [2.05, 4.69) is 4.74 Å². The summed E-state index contributed by atoms with van der Waals surface area (Å²) in [4.78, 5) is 31.9. The molecule has 7 heteroatoms. The Bertz CT molecular complexity index is 544. The molecule has 0 bridgehead atoms. The van der Waals surface area contributed by atoms with E-state index in [0.29, 0.717) is 0 Å². The maximum absolute atomic E-state index is 11.3. The largest absolute Gasteiger partial charge is 0.465 e. The van der Waals surface area contributed by atoms with Crippen LogP contribution in [0.4, 0.5) is 5.69 Å². The fraction of sp³-hybridized carbons (Fsp3) is 0.100. The van der Waals surface area contributed by atoms with Crippen LogP contribution < -0.4 is 0 Å². The molecule has 0 N–H and O–H groups in total. The van der Waals surface area contributed by atoms with Crippen molar-refractivity contribution in [3.8, 4) is 6.07 Å². The van der Waals surface area contributed by atoms with E-state index in [1.165, 1.54) is 0 Å². The zero-order valence-electron chi connectivity index (χ0n) is 8.67. The number of rotatable bonds is 3. The second-order valence-corrected chi connectivity index (χ2v) is 2.94. The average molecular weight is 234 g/mol. The smallest absolute Gasteiger partial charge is 0.344 e. The van der Waals surface area contributed by atoms with Gasteiger partial charge in [0.2, 0.25) is 0 Å². The highest BCUT2D eigenvalue weighted by atomic mass is 16.6. The van der Waals surface area contributed by atoms with Gasteiger partial charge in [0.05, 0.1) is 29.2 Å². The first-order chi connectivity index (χ1) is 8.04. The molecule has 0 aromatic heterocycles. The lowest BCUT2D eigenvalue weighted by atomic mass is 10.0. The lowest BCUT2D eigenvalue weighted by Crippen LogP contribution is -2.08. The Morgan fingerprint density at radius 3 is 2.65 bits per heavy atom. The number of methoxy groups -OCH3 is 1. The van der Waals surface area contributed by atoms with Gasteiger partial charge in [-0.3, -0.25) is 14.9 Å². The van der Waals surface area contributed by atoms with Crippen LogP contribution in [-0.4, -0.2) is 24.3 Å². The maximum Gasteiger partial charge on any atom is 0.344 e. The molecule has 0 spiro atoms. The van der Waals surface area contributed by atoms with Crippen LogP contribution in [0.25, 0.3) is 0 Å². The molecule has 0 radical (unpaired) electrons. The number of esters is 1. The zero-order valence-corrected chi connectivity index (χ0v) is 8.67. The molecule has 7 nitrogen and oxygen atoms in total. The Labute approximate surface area is 95.4 Å². The van der Waals surface area contributed by atoms with Crippen molar-refractivity contribution in [3.63, 3.8) is 0 Å². The molecule has 0 heterocycles. The summed E-state index contributed by atoms with van der Waals surface area (Å²) >= 11 is 0. The van der Waals surface area contributed by atoms with E-state index in [-0.39, 0.29) is 17.4 Å². The summed E-state index contributed by atoms with van der Waals surface area (Å²) in [5.41, 5.74) is -1.45. The second-order valence-electron chi connectivity index (χ2n) is 2.94. The Balaban J connectivity index is 3.64. The molecule has 86 valence electrons. The van der Waals surface area contributed by atoms with Crippen LogP contribution in [-0.2, 0) is 4.74 Å². The van der Waals surface area contributed by atoms with Gasteiger partial charge in [0, 0.05) is 0 Å². The summed E-state index contributed by atoms with van der Waals surface area (Å²) in [6.07, 6.45) is 0.214. The van der Waals surface area contributed by atoms with Gasteiger partial charge < -0.3 is 4.74 Å². The molecule has 0 atom stereocenters. The van der Waals surface area contributed by atoms with E-state index < -0.39 is 22.1 Å². The fourth-order valence-electron chi connectivity index (χ4n) is 1.28. The molecule has 1 rings (SSSR count). The van der Waals surface area contributed by atoms with Gasteiger partial charge in [0.15, 0.2) is 6.29 Å². The molecule has 0 aliphatic heterocycles. The van der Waals surface area contributed by atoms with E-state index in [1.54, 1.807) is 6.07 Å². The quantitative estimate of drug-likeness (QED) is 0.334. The number of nitriles is 1. The monoisotopic (exact) mass is 234 g/mol. The van der Waals surface area contributed by atoms with Crippen LogP contribution in [0.3, 0.4) is 0 Å². The maximum atomic E-state index is 11.3. The highest BCUT2D eigenvalue weighted by Crippen LogP contribution is 2.25. The van der Waals surface area contributed by atoms with Crippen molar-refractivity contribution < 1.29 is 19.2 Å². The highest BCUT2D eigenvalue weighted by molar-refractivity contribution is 5.98.